The highest BCUT2D eigenvalue weighted by Gasteiger charge is 2.42. The lowest BCUT2D eigenvalue weighted by Gasteiger charge is -2.35. The van der Waals surface area contributed by atoms with E-state index >= 15 is 0 Å². The number of hydrogen-bond donors (Lipinski definition) is 1. The second-order valence-electron chi connectivity index (χ2n) is 9.30. The first-order valence-electron chi connectivity index (χ1n) is 12.3. The molecule has 2 atom stereocenters. The number of nitrogens with zero attached hydrogens (tertiary/aromatic N) is 1. The largest absolute Gasteiger partial charge is 0.497 e. The Morgan fingerprint density at radius 1 is 0.921 bits per heavy atom. The van der Waals surface area contributed by atoms with Gasteiger partial charge in [0.05, 0.1) is 30.8 Å². The van der Waals surface area contributed by atoms with E-state index in [2.05, 4.69) is 5.32 Å². The molecule has 1 amide bonds. The van der Waals surface area contributed by atoms with E-state index in [0.717, 1.165) is 22.7 Å². The number of furan rings is 1. The Hall–Kier alpha value is -4.29. The van der Waals surface area contributed by atoms with Crippen molar-refractivity contribution in [3.8, 4) is 5.75 Å². The van der Waals surface area contributed by atoms with Gasteiger partial charge in [-0.3, -0.25) is 14.5 Å². The minimum Gasteiger partial charge on any atom is -0.497 e. The first-order valence-corrected chi connectivity index (χ1v) is 12.3. The van der Waals surface area contributed by atoms with Crippen molar-refractivity contribution < 1.29 is 18.7 Å². The number of anilines is 2. The summed E-state index contributed by atoms with van der Waals surface area (Å²) < 4.78 is 11.0. The number of halogens is 1. The topological polar surface area (TPSA) is 71.8 Å². The number of nitrogens with one attached hydrogen (secondary N) is 1. The van der Waals surface area contributed by atoms with Crippen LogP contribution in [0.1, 0.15) is 46.5 Å². The summed E-state index contributed by atoms with van der Waals surface area (Å²) in [5, 5.41) is 3.54. The summed E-state index contributed by atoms with van der Waals surface area (Å²) in [6, 6.07) is 27.7. The number of ketones is 1. The van der Waals surface area contributed by atoms with Crippen LogP contribution >= 0.6 is 12.4 Å². The summed E-state index contributed by atoms with van der Waals surface area (Å²) in [6.45, 7) is 0. The molecule has 0 spiro atoms. The molecule has 0 fully saturated rings. The fourth-order valence-electron chi connectivity index (χ4n) is 5.36. The number of ether oxygens (including phenoxy) is 1. The minimum atomic E-state index is -0.591. The van der Waals surface area contributed by atoms with Gasteiger partial charge in [0.25, 0.3) is 5.91 Å². The highest BCUT2D eigenvalue weighted by atomic mass is 35.5. The van der Waals surface area contributed by atoms with Crippen LogP contribution in [0.25, 0.3) is 0 Å². The van der Waals surface area contributed by atoms with Crippen LogP contribution in [0.15, 0.2) is 113 Å². The van der Waals surface area contributed by atoms with Crippen molar-refractivity contribution in [3.05, 3.63) is 125 Å². The number of hydrogen-bond acceptors (Lipinski definition) is 5. The molecule has 6 rings (SSSR count). The zero-order valence-electron chi connectivity index (χ0n) is 20.8. The quantitative estimate of drug-likeness (QED) is 0.312. The summed E-state index contributed by atoms with van der Waals surface area (Å²) in [7, 11) is 1.59. The lowest BCUT2D eigenvalue weighted by Crippen LogP contribution is -2.38. The van der Waals surface area contributed by atoms with E-state index in [1.54, 1.807) is 42.5 Å². The number of carbonyl (C=O) groups is 2. The SMILES string of the molecule is COc1ccc(C(=O)N2c3ccccc3NC3=C(C(=O)CC(c4ccco4)C3)C2c2ccccc2)cc1.Cl. The van der Waals surface area contributed by atoms with E-state index in [0.29, 0.717) is 35.4 Å². The Kier molecular flexibility index (Phi) is 7.07. The van der Waals surface area contributed by atoms with Crippen LogP contribution in [0.2, 0.25) is 0 Å². The summed E-state index contributed by atoms with van der Waals surface area (Å²) in [6.07, 6.45) is 2.57. The van der Waals surface area contributed by atoms with Gasteiger partial charge in [0.15, 0.2) is 5.78 Å². The molecule has 1 aromatic heterocycles. The van der Waals surface area contributed by atoms with Crippen LogP contribution in [0, 0.1) is 0 Å². The Labute approximate surface area is 227 Å². The van der Waals surface area contributed by atoms with Gasteiger partial charge in [-0.15, -0.1) is 12.4 Å². The van der Waals surface area contributed by atoms with Crippen LogP contribution in [0.3, 0.4) is 0 Å². The molecule has 0 saturated heterocycles. The molecular weight excluding hydrogens is 500 g/mol. The molecule has 0 saturated carbocycles. The van der Waals surface area contributed by atoms with E-state index in [-0.39, 0.29) is 30.0 Å². The third-order valence-electron chi connectivity index (χ3n) is 7.11. The molecule has 6 nitrogen and oxygen atoms in total. The Morgan fingerprint density at radius 2 is 1.66 bits per heavy atom. The molecule has 1 N–H and O–H groups in total. The predicted molar refractivity (Wildman–Crippen MR) is 149 cm³/mol. The molecule has 2 aliphatic rings. The summed E-state index contributed by atoms with van der Waals surface area (Å²) in [4.78, 5) is 29.9. The number of para-hydroxylation sites is 2. The lowest BCUT2D eigenvalue weighted by atomic mass is 9.80. The van der Waals surface area contributed by atoms with Gasteiger partial charge < -0.3 is 14.5 Å². The van der Waals surface area contributed by atoms with Crippen molar-refractivity contribution in [1.82, 2.24) is 0 Å². The maximum Gasteiger partial charge on any atom is 0.259 e. The van der Waals surface area contributed by atoms with Crippen molar-refractivity contribution >= 4 is 35.5 Å². The molecule has 192 valence electrons. The van der Waals surface area contributed by atoms with Gasteiger partial charge in [-0.2, -0.15) is 0 Å². The second kappa shape index (κ2) is 10.6. The second-order valence-corrected chi connectivity index (χ2v) is 9.30. The van der Waals surface area contributed by atoms with Gasteiger partial charge >= 0.3 is 0 Å². The van der Waals surface area contributed by atoms with Gasteiger partial charge in [-0.05, 0) is 60.5 Å². The highest BCUT2D eigenvalue weighted by Crippen LogP contribution is 2.47. The van der Waals surface area contributed by atoms with Crippen molar-refractivity contribution in [2.45, 2.75) is 24.8 Å². The summed E-state index contributed by atoms with van der Waals surface area (Å²) in [5.41, 5.74) is 4.32. The normalized spacial score (nSPS) is 18.4. The Balaban J connectivity index is 0.00000294. The smallest absolute Gasteiger partial charge is 0.259 e. The molecule has 38 heavy (non-hydrogen) atoms. The predicted octanol–water partition coefficient (Wildman–Crippen LogP) is 6.92. The average Bonchev–Trinajstić information content (AvgIpc) is 3.43. The van der Waals surface area contributed by atoms with E-state index in [4.69, 9.17) is 9.15 Å². The van der Waals surface area contributed by atoms with E-state index in [9.17, 15) is 9.59 Å². The molecule has 2 heterocycles. The number of methoxy groups -OCH3 is 1. The number of allylic oxidation sites excluding steroid dienone is 1. The van der Waals surface area contributed by atoms with Crippen LogP contribution in [-0.4, -0.2) is 18.8 Å². The standard InChI is InChI=1S/C31H26N2O4.ClH/c1-36-23-15-13-21(14-16-23)31(35)33-26-11-6-5-10-24(26)32-25-18-22(28-12-7-17-37-28)19-27(34)29(25)30(33)20-8-3-2-4-9-20;/h2-17,22,30,32H,18-19H2,1H3;1H. The van der Waals surface area contributed by atoms with E-state index in [1.807, 2.05) is 66.7 Å². The fourth-order valence-corrected chi connectivity index (χ4v) is 5.36. The molecule has 7 heteroatoms. The Bertz CT molecular complexity index is 1480. The third kappa shape index (κ3) is 4.48. The number of Topliss-reactive ketones (excluding diaryl/α,β-unsaturated/α-hetero) is 1. The zero-order chi connectivity index (χ0) is 25.4. The number of amides is 1. The van der Waals surface area contributed by atoms with Gasteiger partial charge in [0, 0.05) is 29.2 Å². The maximum atomic E-state index is 14.2. The van der Waals surface area contributed by atoms with Gasteiger partial charge in [-0.25, -0.2) is 0 Å². The van der Waals surface area contributed by atoms with Gasteiger partial charge in [-0.1, -0.05) is 42.5 Å². The van der Waals surface area contributed by atoms with Crippen molar-refractivity contribution in [2.75, 3.05) is 17.3 Å². The maximum absolute atomic E-state index is 14.2. The highest BCUT2D eigenvalue weighted by molar-refractivity contribution is 6.12. The van der Waals surface area contributed by atoms with Crippen LogP contribution in [0.4, 0.5) is 11.4 Å². The number of rotatable bonds is 4. The first-order chi connectivity index (χ1) is 18.1. The van der Waals surface area contributed by atoms with Crippen LogP contribution < -0.4 is 15.0 Å². The molecule has 1 aliphatic carbocycles. The molecule has 0 bridgehead atoms. The Morgan fingerprint density at radius 3 is 2.37 bits per heavy atom. The van der Waals surface area contributed by atoms with Crippen molar-refractivity contribution in [1.29, 1.82) is 0 Å². The average molecular weight is 527 g/mol. The molecule has 1 aliphatic heterocycles. The van der Waals surface area contributed by atoms with Gasteiger partial charge in [0.2, 0.25) is 0 Å². The van der Waals surface area contributed by atoms with Crippen molar-refractivity contribution in [3.63, 3.8) is 0 Å². The molecule has 0 radical (unpaired) electrons. The fraction of sp³-hybridized carbons (Fsp3) is 0.161. The molecule has 4 aromatic rings. The number of fused-ring (bicyclic) bond motifs is 1. The monoisotopic (exact) mass is 526 g/mol. The molecular formula is C31H27ClN2O4. The number of benzene rings is 3. The minimum absolute atomic E-state index is 0. The van der Waals surface area contributed by atoms with Crippen LogP contribution in [0.5, 0.6) is 5.75 Å². The van der Waals surface area contributed by atoms with Crippen LogP contribution in [-0.2, 0) is 4.79 Å². The van der Waals surface area contributed by atoms with Crippen molar-refractivity contribution in [2.24, 2.45) is 0 Å². The first kappa shape index (κ1) is 25.4. The molecule has 3 aromatic carbocycles. The third-order valence-corrected chi connectivity index (χ3v) is 7.11. The zero-order valence-corrected chi connectivity index (χ0v) is 21.6. The van der Waals surface area contributed by atoms with E-state index < -0.39 is 6.04 Å². The summed E-state index contributed by atoms with van der Waals surface area (Å²) in [5.74, 6) is 1.21. The number of carbonyl (C=O) groups excluding carboxylic acids is 2. The van der Waals surface area contributed by atoms with E-state index in [1.165, 1.54) is 0 Å². The van der Waals surface area contributed by atoms with Gasteiger partial charge in [0.1, 0.15) is 11.5 Å². The summed E-state index contributed by atoms with van der Waals surface area (Å²) >= 11 is 0. The molecule has 2 unspecified atom stereocenters. The lowest BCUT2D eigenvalue weighted by molar-refractivity contribution is -0.116.